The van der Waals surface area contributed by atoms with Crippen molar-refractivity contribution >= 4 is 17.3 Å². The Morgan fingerprint density at radius 1 is 1.21 bits per heavy atom. The summed E-state index contributed by atoms with van der Waals surface area (Å²) in [6.07, 6.45) is 0.656. The van der Waals surface area contributed by atoms with Crippen LogP contribution in [0.3, 0.4) is 0 Å². The number of aliphatic hydroxyl groups is 1. The van der Waals surface area contributed by atoms with E-state index in [9.17, 15) is 5.11 Å². The monoisotopic (exact) mass is 278 g/mol. The van der Waals surface area contributed by atoms with Crippen LogP contribution < -0.4 is 0 Å². The average molecular weight is 278 g/mol. The molecule has 1 atom stereocenters. The van der Waals surface area contributed by atoms with E-state index >= 15 is 0 Å². The first-order chi connectivity index (χ1) is 8.74. The van der Waals surface area contributed by atoms with Crippen LogP contribution in [0.4, 0.5) is 0 Å². The van der Waals surface area contributed by atoms with Gasteiger partial charge < -0.3 is 14.9 Å². The van der Waals surface area contributed by atoms with E-state index in [2.05, 4.69) is 30.9 Å². The Bertz CT molecular complexity index is 470. The summed E-state index contributed by atoms with van der Waals surface area (Å²) in [6, 6.07) is 10.1. The Kier molecular flexibility index (Phi) is 3.58. The van der Waals surface area contributed by atoms with Crippen molar-refractivity contribution < 1.29 is 5.11 Å². The lowest BCUT2D eigenvalue weighted by Crippen LogP contribution is -2.66. The summed E-state index contributed by atoms with van der Waals surface area (Å²) in [4.78, 5) is 3.98. The molecule has 1 saturated heterocycles. The molecule has 0 aliphatic carbocycles. The first kappa shape index (κ1) is 14.3. The highest BCUT2D eigenvalue weighted by molar-refractivity contribution is 7.80. The summed E-state index contributed by atoms with van der Waals surface area (Å²) < 4.78 is 0. The largest absolute Gasteiger partial charge is 0.371 e. The summed E-state index contributed by atoms with van der Waals surface area (Å²) >= 11 is 5.54. The lowest BCUT2D eigenvalue weighted by molar-refractivity contribution is -0.114. The van der Waals surface area contributed by atoms with Gasteiger partial charge in [-0.3, -0.25) is 0 Å². The van der Waals surface area contributed by atoms with Gasteiger partial charge in [0.15, 0.2) is 5.11 Å². The van der Waals surface area contributed by atoms with Crippen molar-refractivity contribution in [3.63, 3.8) is 0 Å². The quantitative estimate of drug-likeness (QED) is 0.841. The molecule has 0 spiro atoms. The highest BCUT2D eigenvalue weighted by Gasteiger charge is 2.46. The third-order valence-corrected chi connectivity index (χ3v) is 4.45. The van der Waals surface area contributed by atoms with E-state index in [0.717, 1.165) is 5.56 Å². The van der Waals surface area contributed by atoms with Crippen molar-refractivity contribution in [2.75, 3.05) is 7.05 Å². The maximum absolute atomic E-state index is 10.7. The smallest absolute Gasteiger partial charge is 0.174 e. The molecule has 0 radical (unpaired) electrons. The molecule has 0 bridgehead atoms. The number of benzene rings is 1. The van der Waals surface area contributed by atoms with Gasteiger partial charge in [-0.15, -0.1) is 0 Å². The first-order valence-corrected chi connectivity index (χ1v) is 6.97. The molecule has 1 aliphatic rings. The maximum atomic E-state index is 10.7. The zero-order chi connectivity index (χ0) is 14.3. The fraction of sp³-hybridized carbons (Fsp3) is 0.533. The standard InChI is InChI=1S/C15H22N2OS/c1-14(2)11-15(3,18)17(13(19)16(14)4)10-12-8-6-5-7-9-12/h5-9,18H,10-11H2,1-4H3/t15-/m1/s1. The van der Waals surface area contributed by atoms with Crippen LogP contribution in [0.15, 0.2) is 30.3 Å². The molecule has 2 rings (SSSR count). The van der Waals surface area contributed by atoms with E-state index in [1.807, 2.05) is 37.1 Å². The van der Waals surface area contributed by atoms with Crippen molar-refractivity contribution in [3.05, 3.63) is 35.9 Å². The van der Waals surface area contributed by atoms with E-state index < -0.39 is 5.72 Å². The third kappa shape index (κ3) is 2.74. The molecule has 1 fully saturated rings. The van der Waals surface area contributed by atoms with Gasteiger partial charge in [-0.05, 0) is 38.6 Å². The molecule has 1 aliphatic heterocycles. The average Bonchev–Trinajstić information content (AvgIpc) is 2.32. The van der Waals surface area contributed by atoms with Gasteiger partial charge in [0, 0.05) is 25.6 Å². The maximum Gasteiger partial charge on any atom is 0.174 e. The summed E-state index contributed by atoms with van der Waals surface area (Å²) in [5.41, 5.74) is 0.106. The molecule has 3 nitrogen and oxygen atoms in total. The molecular formula is C15H22N2OS. The van der Waals surface area contributed by atoms with Gasteiger partial charge in [0.25, 0.3) is 0 Å². The Hall–Kier alpha value is -1.13. The number of nitrogens with zero attached hydrogens (tertiary/aromatic N) is 2. The summed E-state index contributed by atoms with van der Waals surface area (Å²) in [5, 5.41) is 11.4. The Morgan fingerprint density at radius 2 is 1.79 bits per heavy atom. The number of rotatable bonds is 2. The van der Waals surface area contributed by atoms with Gasteiger partial charge in [-0.1, -0.05) is 30.3 Å². The zero-order valence-corrected chi connectivity index (χ0v) is 12.9. The van der Waals surface area contributed by atoms with Crippen molar-refractivity contribution in [1.82, 2.24) is 9.80 Å². The van der Waals surface area contributed by atoms with E-state index in [4.69, 9.17) is 12.2 Å². The minimum absolute atomic E-state index is 0.131. The molecule has 1 aromatic carbocycles. The van der Waals surface area contributed by atoms with Crippen LogP contribution in [-0.2, 0) is 6.54 Å². The third-order valence-electron chi connectivity index (χ3n) is 3.96. The van der Waals surface area contributed by atoms with Gasteiger partial charge in [0.2, 0.25) is 0 Å². The van der Waals surface area contributed by atoms with Crippen molar-refractivity contribution in [3.8, 4) is 0 Å². The molecule has 0 saturated carbocycles. The normalized spacial score (nSPS) is 26.7. The number of thiocarbonyl (C=S) groups is 1. The van der Waals surface area contributed by atoms with Crippen LogP contribution in [0.25, 0.3) is 0 Å². The molecule has 104 valence electrons. The van der Waals surface area contributed by atoms with Crippen LogP contribution in [0.5, 0.6) is 0 Å². The van der Waals surface area contributed by atoms with Crippen LogP contribution in [-0.4, -0.2) is 38.3 Å². The predicted octanol–water partition coefficient (Wildman–Crippen LogP) is 2.60. The van der Waals surface area contributed by atoms with Gasteiger partial charge in [0.1, 0.15) is 5.72 Å². The van der Waals surface area contributed by atoms with Crippen LogP contribution in [0.1, 0.15) is 32.8 Å². The fourth-order valence-electron chi connectivity index (χ4n) is 2.68. The second kappa shape index (κ2) is 4.76. The van der Waals surface area contributed by atoms with Crippen LogP contribution >= 0.6 is 12.2 Å². The molecule has 1 N–H and O–H groups in total. The predicted molar refractivity (Wildman–Crippen MR) is 81.7 cm³/mol. The van der Waals surface area contributed by atoms with E-state index in [-0.39, 0.29) is 5.54 Å². The summed E-state index contributed by atoms with van der Waals surface area (Å²) in [7, 11) is 2.00. The lowest BCUT2D eigenvalue weighted by atomic mass is 9.88. The van der Waals surface area contributed by atoms with Gasteiger partial charge in [-0.2, -0.15) is 0 Å². The minimum Gasteiger partial charge on any atom is -0.371 e. The SMILES string of the molecule is CN1C(=S)N(Cc2ccccc2)[C@](C)(O)CC1(C)C. The summed E-state index contributed by atoms with van der Waals surface area (Å²) in [5.74, 6) is 0. The second-order valence-electron chi connectivity index (χ2n) is 6.12. The Balaban J connectivity index is 2.27. The molecule has 0 amide bonds. The molecule has 1 heterocycles. The van der Waals surface area contributed by atoms with E-state index in [1.165, 1.54) is 0 Å². The van der Waals surface area contributed by atoms with Gasteiger partial charge in [0.05, 0.1) is 0 Å². The lowest BCUT2D eigenvalue weighted by Gasteiger charge is -2.54. The molecule has 1 aromatic rings. The van der Waals surface area contributed by atoms with Crippen LogP contribution in [0, 0.1) is 0 Å². The second-order valence-corrected chi connectivity index (χ2v) is 6.48. The Morgan fingerprint density at radius 3 is 2.37 bits per heavy atom. The number of hydrogen-bond donors (Lipinski definition) is 1. The minimum atomic E-state index is -0.914. The highest BCUT2D eigenvalue weighted by atomic mass is 32.1. The molecule has 0 unspecified atom stereocenters. The molecule has 19 heavy (non-hydrogen) atoms. The topological polar surface area (TPSA) is 26.7 Å². The van der Waals surface area contributed by atoms with Crippen molar-refractivity contribution in [2.24, 2.45) is 0 Å². The highest BCUT2D eigenvalue weighted by Crippen LogP contribution is 2.35. The Labute approximate surface area is 120 Å². The van der Waals surface area contributed by atoms with Gasteiger partial charge in [-0.25, -0.2) is 0 Å². The molecule has 0 aromatic heterocycles. The first-order valence-electron chi connectivity index (χ1n) is 6.56. The van der Waals surface area contributed by atoms with E-state index in [0.29, 0.717) is 18.1 Å². The van der Waals surface area contributed by atoms with E-state index in [1.54, 1.807) is 0 Å². The summed E-state index contributed by atoms with van der Waals surface area (Å²) in [6.45, 7) is 6.69. The van der Waals surface area contributed by atoms with Crippen molar-refractivity contribution in [1.29, 1.82) is 0 Å². The molecule has 4 heteroatoms. The fourth-order valence-corrected chi connectivity index (χ4v) is 3.19. The van der Waals surface area contributed by atoms with Gasteiger partial charge >= 0.3 is 0 Å². The number of hydrogen-bond acceptors (Lipinski definition) is 2. The van der Waals surface area contributed by atoms with Crippen LogP contribution in [0.2, 0.25) is 0 Å². The molecular weight excluding hydrogens is 256 g/mol. The van der Waals surface area contributed by atoms with Crippen molar-refractivity contribution in [2.45, 2.75) is 45.0 Å². The zero-order valence-electron chi connectivity index (χ0n) is 12.1.